The Hall–Kier alpha value is -1.75. The summed E-state index contributed by atoms with van der Waals surface area (Å²) in [6.07, 6.45) is 0.853. The minimum Gasteiger partial charge on any atom is -0.497 e. The van der Waals surface area contributed by atoms with Gasteiger partial charge in [0.05, 0.1) is 23.9 Å². The van der Waals surface area contributed by atoms with Crippen molar-refractivity contribution in [2.75, 3.05) is 12.4 Å². The molecule has 134 valence electrons. The molecule has 0 saturated heterocycles. The van der Waals surface area contributed by atoms with Gasteiger partial charge in [-0.3, -0.25) is 10.1 Å². The Bertz CT molecular complexity index is 720. The van der Waals surface area contributed by atoms with Crippen LogP contribution in [0.25, 0.3) is 0 Å². The predicted octanol–water partition coefficient (Wildman–Crippen LogP) is 5.07. The number of hydrogen-bond donors (Lipinski definition) is 2. The molecule has 2 unspecified atom stereocenters. The van der Waals surface area contributed by atoms with Crippen molar-refractivity contribution in [3.63, 3.8) is 0 Å². The number of carbonyl (C=O) groups is 1. The van der Waals surface area contributed by atoms with Gasteiger partial charge >= 0.3 is 0 Å². The predicted molar refractivity (Wildman–Crippen MR) is 104 cm³/mol. The molecular formula is C19H22Cl2N2O2. The van der Waals surface area contributed by atoms with Crippen LogP contribution < -0.4 is 15.4 Å². The molecule has 2 atom stereocenters. The molecule has 0 saturated carbocycles. The lowest BCUT2D eigenvalue weighted by Gasteiger charge is -2.22. The van der Waals surface area contributed by atoms with Crippen LogP contribution in [0.3, 0.4) is 0 Å². The largest absolute Gasteiger partial charge is 0.497 e. The number of anilines is 1. The number of methoxy groups -OCH3 is 1. The van der Waals surface area contributed by atoms with E-state index in [2.05, 4.69) is 17.6 Å². The summed E-state index contributed by atoms with van der Waals surface area (Å²) in [5, 5.41) is 7.11. The van der Waals surface area contributed by atoms with E-state index < -0.39 is 6.04 Å². The normalized spacial score (nSPS) is 13.2. The molecule has 0 aromatic heterocycles. The molecule has 0 aliphatic heterocycles. The minimum absolute atomic E-state index is 0.0624. The molecule has 1 amide bonds. The number of halogens is 2. The molecule has 0 bridgehead atoms. The minimum atomic E-state index is -0.390. The highest BCUT2D eigenvalue weighted by atomic mass is 35.5. The third-order valence-corrected chi connectivity index (χ3v) is 4.51. The van der Waals surface area contributed by atoms with Gasteiger partial charge < -0.3 is 10.1 Å². The zero-order chi connectivity index (χ0) is 18.4. The van der Waals surface area contributed by atoms with Gasteiger partial charge in [0.1, 0.15) is 5.75 Å². The first-order chi connectivity index (χ1) is 11.9. The van der Waals surface area contributed by atoms with E-state index in [1.807, 2.05) is 31.2 Å². The van der Waals surface area contributed by atoms with Gasteiger partial charge in [0.2, 0.25) is 5.91 Å². The number of nitrogens with one attached hydrogen (secondary N) is 2. The topological polar surface area (TPSA) is 50.4 Å². The second-order valence-electron chi connectivity index (χ2n) is 5.74. The SMILES string of the molecule is CCC(NC(C)C(=O)Nc1ccc(Cl)cc1Cl)c1ccc(OC)cc1. The van der Waals surface area contributed by atoms with Crippen LogP contribution in [0, 0.1) is 0 Å². The van der Waals surface area contributed by atoms with Crippen LogP contribution in [0.1, 0.15) is 31.9 Å². The summed E-state index contributed by atoms with van der Waals surface area (Å²) in [6, 6.07) is 12.5. The van der Waals surface area contributed by atoms with Crippen LogP contribution in [0.15, 0.2) is 42.5 Å². The number of rotatable bonds is 7. The monoisotopic (exact) mass is 380 g/mol. The van der Waals surface area contributed by atoms with E-state index in [9.17, 15) is 4.79 Å². The number of benzene rings is 2. The van der Waals surface area contributed by atoms with Gasteiger partial charge in [-0.25, -0.2) is 0 Å². The van der Waals surface area contributed by atoms with E-state index in [0.717, 1.165) is 17.7 Å². The van der Waals surface area contributed by atoms with E-state index >= 15 is 0 Å². The maximum atomic E-state index is 12.4. The van der Waals surface area contributed by atoms with Crippen molar-refractivity contribution in [2.45, 2.75) is 32.4 Å². The molecule has 25 heavy (non-hydrogen) atoms. The number of carbonyl (C=O) groups excluding carboxylic acids is 1. The zero-order valence-corrected chi connectivity index (χ0v) is 16.0. The van der Waals surface area contributed by atoms with Crippen molar-refractivity contribution in [1.29, 1.82) is 0 Å². The highest BCUT2D eigenvalue weighted by Crippen LogP contribution is 2.26. The van der Waals surface area contributed by atoms with Gasteiger partial charge in [-0.1, -0.05) is 42.3 Å². The Labute approximate surface area is 158 Å². The first kappa shape index (κ1) is 19.6. The molecule has 0 radical (unpaired) electrons. The lowest BCUT2D eigenvalue weighted by Crippen LogP contribution is -2.40. The highest BCUT2D eigenvalue weighted by Gasteiger charge is 2.19. The number of ether oxygens (including phenoxy) is 1. The lowest BCUT2D eigenvalue weighted by atomic mass is 10.0. The molecule has 2 aromatic carbocycles. The fourth-order valence-electron chi connectivity index (χ4n) is 2.50. The summed E-state index contributed by atoms with van der Waals surface area (Å²) in [6.45, 7) is 3.90. The Kier molecular flexibility index (Phi) is 7.12. The van der Waals surface area contributed by atoms with Gasteiger partial charge in [-0.05, 0) is 49.2 Å². The summed E-state index contributed by atoms with van der Waals surface area (Å²) < 4.78 is 5.18. The van der Waals surface area contributed by atoms with E-state index in [0.29, 0.717) is 15.7 Å². The first-order valence-electron chi connectivity index (χ1n) is 8.10. The fourth-order valence-corrected chi connectivity index (χ4v) is 2.95. The molecule has 4 nitrogen and oxygen atoms in total. The second-order valence-corrected chi connectivity index (χ2v) is 6.58. The van der Waals surface area contributed by atoms with Crippen LogP contribution in [0.2, 0.25) is 10.0 Å². The van der Waals surface area contributed by atoms with Crippen LogP contribution >= 0.6 is 23.2 Å². The maximum Gasteiger partial charge on any atom is 0.241 e. The summed E-state index contributed by atoms with van der Waals surface area (Å²) in [7, 11) is 1.64. The molecule has 2 rings (SSSR count). The third-order valence-electron chi connectivity index (χ3n) is 3.96. The van der Waals surface area contributed by atoms with Crippen molar-refractivity contribution < 1.29 is 9.53 Å². The van der Waals surface area contributed by atoms with Crippen molar-refractivity contribution in [1.82, 2.24) is 5.32 Å². The summed E-state index contributed by atoms with van der Waals surface area (Å²) in [4.78, 5) is 12.4. The van der Waals surface area contributed by atoms with Crippen molar-refractivity contribution in [2.24, 2.45) is 0 Å². The van der Waals surface area contributed by atoms with E-state index in [-0.39, 0.29) is 11.9 Å². The Balaban J connectivity index is 2.02. The van der Waals surface area contributed by atoms with Gasteiger partial charge in [0.15, 0.2) is 0 Å². The molecule has 0 aliphatic carbocycles. The summed E-state index contributed by atoms with van der Waals surface area (Å²) in [5.74, 6) is 0.651. The van der Waals surface area contributed by atoms with Crippen LogP contribution in [-0.4, -0.2) is 19.1 Å². The smallest absolute Gasteiger partial charge is 0.241 e. The third kappa shape index (κ3) is 5.36. The van der Waals surface area contributed by atoms with Crippen molar-refractivity contribution >= 4 is 34.8 Å². The molecule has 0 heterocycles. The van der Waals surface area contributed by atoms with Crippen LogP contribution in [0.5, 0.6) is 5.75 Å². The average molecular weight is 381 g/mol. The second kappa shape index (κ2) is 9.09. The Morgan fingerprint density at radius 3 is 2.40 bits per heavy atom. The maximum absolute atomic E-state index is 12.4. The molecular weight excluding hydrogens is 359 g/mol. The standard InChI is InChI=1S/C19H22Cl2N2O2/c1-4-17(13-5-8-15(25-3)9-6-13)22-12(2)19(24)23-18-10-7-14(20)11-16(18)21/h5-12,17,22H,4H2,1-3H3,(H,23,24). The van der Waals surface area contributed by atoms with Gasteiger partial charge in [0, 0.05) is 11.1 Å². The molecule has 0 fully saturated rings. The first-order valence-corrected chi connectivity index (χ1v) is 8.86. The molecule has 2 N–H and O–H groups in total. The average Bonchev–Trinajstić information content (AvgIpc) is 2.61. The number of amides is 1. The van der Waals surface area contributed by atoms with Crippen molar-refractivity contribution in [3.8, 4) is 5.75 Å². The molecule has 6 heteroatoms. The van der Waals surface area contributed by atoms with Gasteiger partial charge in [-0.15, -0.1) is 0 Å². The van der Waals surface area contributed by atoms with E-state index in [1.165, 1.54) is 0 Å². The van der Waals surface area contributed by atoms with Crippen LogP contribution in [-0.2, 0) is 4.79 Å². The quantitative estimate of drug-likeness (QED) is 0.704. The number of hydrogen-bond acceptors (Lipinski definition) is 3. The Morgan fingerprint density at radius 1 is 1.16 bits per heavy atom. The molecule has 2 aromatic rings. The zero-order valence-electron chi connectivity index (χ0n) is 14.5. The van der Waals surface area contributed by atoms with Gasteiger partial charge in [0.25, 0.3) is 0 Å². The molecule has 0 spiro atoms. The van der Waals surface area contributed by atoms with Crippen molar-refractivity contribution in [3.05, 3.63) is 58.1 Å². The van der Waals surface area contributed by atoms with Gasteiger partial charge in [-0.2, -0.15) is 0 Å². The lowest BCUT2D eigenvalue weighted by molar-refractivity contribution is -0.118. The highest BCUT2D eigenvalue weighted by molar-refractivity contribution is 6.36. The fraction of sp³-hybridized carbons (Fsp3) is 0.316. The molecule has 0 aliphatic rings. The van der Waals surface area contributed by atoms with Crippen LogP contribution in [0.4, 0.5) is 5.69 Å². The summed E-state index contributed by atoms with van der Waals surface area (Å²) in [5.41, 5.74) is 1.65. The van der Waals surface area contributed by atoms with E-state index in [4.69, 9.17) is 27.9 Å². The van der Waals surface area contributed by atoms with E-state index in [1.54, 1.807) is 25.3 Å². The Morgan fingerprint density at radius 2 is 1.84 bits per heavy atom. The summed E-state index contributed by atoms with van der Waals surface area (Å²) >= 11 is 12.0.